The molecule has 1 aromatic heterocycles. The number of carbonyl (C=O) groups is 2. The highest BCUT2D eigenvalue weighted by molar-refractivity contribution is 7.14. The summed E-state index contributed by atoms with van der Waals surface area (Å²) in [5, 5.41) is 3.35. The van der Waals surface area contributed by atoms with Crippen LogP contribution in [0, 0.1) is 6.92 Å². The van der Waals surface area contributed by atoms with Crippen molar-refractivity contribution < 1.29 is 9.59 Å². The summed E-state index contributed by atoms with van der Waals surface area (Å²) >= 11 is 7.81. The van der Waals surface area contributed by atoms with E-state index in [9.17, 15) is 9.59 Å². The Morgan fingerprint density at radius 2 is 2.17 bits per heavy atom. The molecule has 0 unspecified atom stereocenters. The van der Waals surface area contributed by atoms with Gasteiger partial charge in [-0.05, 0) is 49.6 Å². The Kier molecular flexibility index (Phi) is 4.92. The predicted molar refractivity (Wildman–Crippen MR) is 99.4 cm³/mol. The van der Waals surface area contributed by atoms with Crippen LogP contribution in [0.25, 0.3) is 0 Å². The molecule has 3 rings (SSSR count). The molecule has 1 saturated heterocycles. The van der Waals surface area contributed by atoms with Crippen LogP contribution in [0.5, 0.6) is 0 Å². The molecule has 1 aliphatic heterocycles. The maximum absolute atomic E-state index is 12.4. The number of nitrogens with one attached hydrogen (secondary N) is 1. The molecule has 2 heterocycles. The number of carbonyl (C=O) groups excluding carboxylic acids is 2. The lowest BCUT2D eigenvalue weighted by Gasteiger charge is -2.18. The third kappa shape index (κ3) is 3.32. The molecule has 4 nitrogen and oxygen atoms in total. The first kappa shape index (κ1) is 17.0. The number of aryl methyl sites for hydroxylation is 2. The molecule has 0 aliphatic carbocycles. The van der Waals surface area contributed by atoms with Gasteiger partial charge in [0.2, 0.25) is 5.91 Å². The number of rotatable bonds is 4. The van der Waals surface area contributed by atoms with Gasteiger partial charge < -0.3 is 10.2 Å². The maximum Gasteiger partial charge on any atom is 0.265 e. The summed E-state index contributed by atoms with van der Waals surface area (Å²) in [5.41, 5.74) is 2.54. The van der Waals surface area contributed by atoms with Crippen molar-refractivity contribution in [2.24, 2.45) is 0 Å². The molecule has 0 spiro atoms. The van der Waals surface area contributed by atoms with Crippen molar-refractivity contribution in [2.75, 3.05) is 16.8 Å². The summed E-state index contributed by atoms with van der Waals surface area (Å²) in [6.07, 6.45) is 2.33. The molecule has 24 heavy (non-hydrogen) atoms. The van der Waals surface area contributed by atoms with Gasteiger partial charge in [-0.25, -0.2) is 0 Å². The summed E-state index contributed by atoms with van der Waals surface area (Å²) in [4.78, 5) is 27.8. The Morgan fingerprint density at radius 1 is 1.38 bits per heavy atom. The number of nitrogens with zero attached hydrogens (tertiary/aromatic N) is 1. The second-order valence-electron chi connectivity index (χ2n) is 5.81. The van der Waals surface area contributed by atoms with Gasteiger partial charge in [-0.1, -0.05) is 18.5 Å². The number of amides is 2. The molecule has 0 radical (unpaired) electrons. The predicted octanol–water partition coefficient (Wildman–Crippen LogP) is 4.65. The smallest absolute Gasteiger partial charge is 0.265 e. The van der Waals surface area contributed by atoms with E-state index in [1.165, 1.54) is 21.8 Å². The van der Waals surface area contributed by atoms with Crippen molar-refractivity contribution in [2.45, 2.75) is 33.1 Å². The zero-order valence-corrected chi connectivity index (χ0v) is 15.3. The fourth-order valence-electron chi connectivity index (χ4n) is 2.88. The van der Waals surface area contributed by atoms with E-state index in [0.717, 1.165) is 12.8 Å². The van der Waals surface area contributed by atoms with Crippen molar-refractivity contribution in [1.82, 2.24) is 0 Å². The van der Waals surface area contributed by atoms with E-state index in [4.69, 9.17) is 11.6 Å². The van der Waals surface area contributed by atoms with Gasteiger partial charge in [0.1, 0.15) is 0 Å². The largest absolute Gasteiger partial charge is 0.321 e. The first-order valence-electron chi connectivity index (χ1n) is 8.00. The van der Waals surface area contributed by atoms with Gasteiger partial charge in [0.05, 0.1) is 15.6 Å². The highest BCUT2D eigenvalue weighted by atomic mass is 35.5. The van der Waals surface area contributed by atoms with Gasteiger partial charge >= 0.3 is 0 Å². The van der Waals surface area contributed by atoms with Crippen LogP contribution < -0.4 is 10.2 Å². The molecule has 2 aromatic rings. The van der Waals surface area contributed by atoms with Crippen molar-refractivity contribution in [1.29, 1.82) is 0 Å². The fraction of sp³-hybridized carbons (Fsp3) is 0.333. The molecule has 6 heteroatoms. The zero-order valence-electron chi connectivity index (χ0n) is 13.7. The van der Waals surface area contributed by atoms with E-state index in [-0.39, 0.29) is 11.8 Å². The Hall–Kier alpha value is -1.85. The fourth-order valence-corrected chi connectivity index (χ4v) is 4.17. The number of hydrogen-bond donors (Lipinski definition) is 1. The second kappa shape index (κ2) is 6.95. The standard InChI is InChI=1S/C18H19ClN2O2S/c1-3-12-9-16(24-11(12)2)18(23)20-13-6-7-15(14(19)10-13)21-8-4-5-17(21)22/h6-7,9-10H,3-5,8H2,1-2H3,(H,20,23). The van der Waals surface area contributed by atoms with Gasteiger partial charge in [0.25, 0.3) is 5.91 Å². The molecule has 1 aliphatic rings. The van der Waals surface area contributed by atoms with Gasteiger partial charge in [-0.15, -0.1) is 11.3 Å². The average Bonchev–Trinajstić information content (AvgIpc) is 3.13. The minimum absolute atomic E-state index is 0.0924. The highest BCUT2D eigenvalue weighted by Crippen LogP contribution is 2.32. The minimum atomic E-state index is -0.135. The molecular weight excluding hydrogens is 344 g/mol. The second-order valence-corrected chi connectivity index (χ2v) is 7.48. The molecule has 1 fully saturated rings. The van der Waals surface area contributed by atoms with Crippen LogP contribution in [0.2, 0.25) is 5.02 Å². The molecule has 1 N–H and O–H groups in total. The van der Waals surface area contributed by atoms with Crippen molar-refractivity contribution >= 4 is 46.1 Å². The topological polar surface area (TPSA) is 49.4 Å². The molecule has 126 valence electrons. The van der Waals surface area contributed by atoms with Gasteiger partial charge in [0, 0.05) is 23.5 Å². The van der Waals surface area contributed by atoms with Crippen LogP contribution in [0.1, 0.15) is 39.9 Å². The lowest BCUT2D eigenvalue weighted by atomic mass is 10.2. The molecule has 2 amide bonds. The van der Waals surface area contributed by atoms with E-state index >= 15 is 0 Å². The van der Waals surface area contributed by atoms with Gasteiger partial charge in [-0.2, -0.15) is 0 Å². The third-order valence-electron chi connectivity index (χ3n) is 4.20. The van der Waals surface area contributed by atoms with Crippen LogP contribution in [0.15, 0.2) is 24.3 Å². The molecular formula is C18H19ClN2O2S. The van der Waals surface area contributed by atoms with E-state index in [1.54, 1.807) is 23.1 Å². The first-order valence-corrected chi connectivity index (χ1v) is 9.19. The molecule has 0 saturated carbocycles. The van der Waals surface area contributed by atoms with Crippen molar-refractivity contribution in [3.63, 3.8) is 0 Å². The number of hydrogen-bond acceptors (Lipinski definition) is 3. The number of halogens is 1. The summed E-state index contributed by atoms with van der Waals surface area (Å²) in [5.74, 6) is -0.0429. The Labute approximate surface area is 150 Å². The van der Waals surface area contributed by atoms with Crippen LogP contribution in [0.4, 0.5) is 11.4 Å². The SMILES string of the molecule is CCc1cc(C(=O)Nc2ccc(N3CCCC3=O)c(Cl)c2)sc1C. The highest BCUT2D eigenvalue weighted by Gasteiger charge is 2.23. The molecule has 0 bridgehead atoms. The van der Waals surface area contributed by atoms with Crippen molar-refractivity contribution in [3.8, 4) is 0 Å². The lowest BCUT2D eigenvalue weighted by Crippen LogP contribution is -2.24. The summed E-state index contributed by atoms with van der Waals surface area (Å²) < 4.78 is 0. The monoisotopic (exact) mass is 362 g/mol. The third-order valence-corrected chi connectivity index (χ3v) is 5.59. The Bertz CT molecular complexity index is 800. The van der Waals surface area contributed by atoms with Crippen LogP contribution in [0.3, 0.4) is 0 Å². The number of thiophene rings is 1. The molecule has 0 atom stereocenters. The van der Waals surface area contributed by atoms with Crippen molar-refractivity contribution in [3.05, 3.63) is 44.6 Å². The van der Waals surface area contributed by atoms with E-state index in [0.29, 0.717) is 34.2 Å². The number of benzene rings is 1. The Balaban J connectivity index is 1.76. The summed E-state index contributed by atoms with van der Waals surface area (Å²) in [7, 11) is 0. The molecule has 1 aromatic carbocycles. The van der Waals surface area contributed by atoms with Crippen LogP contribution >= 0.6 is 22.9 Å². The normalized spacial score (nSPS) is 14.3. The quantitative estimate of drug-likeness (QED) is 0.860. The Morgan fingerprint density at radius 3 is 2.75 bits per heavy atom. The lowest BCUT2D eigenvalue weighted by molar-refractivity contribution is -0.117. The first-order chi connectivity index (χ1) is 11.5. The van der Waals surface area contributed by atoms with Crippen LogP contribution in [-0.2, 0) is 11.2 Å². The van der Waals surface area contributed by atoms with Gasteiger partial charge in [0.15, 0.2) is 0 Å². The summed E-state index contributed by atoms with van der Waals surface area (Å²) in [6.45, 7) is 4.80. The van der Waals surface area contributed by atoms with Crippen LogP contribution in [-0.4, -0.2) is 18.4 Å². The van der Waals surface area contributed by atoms with E-state index in [1.807, 2.05) is 13.0 Å². The van der Waals surface area contributed by atoms with E-state index < -0.39 is 0 Å². The zero-order chi connectivity index (χ0) is 17.3. The number of anilines is 2. The average molecular weight is 363 g/mol. The maximum atomic E-state index is 12.4. The van der Waals surface area contributed by atoms with Gasteiger partial charge in [-0.3, -0.25) is 9.59 Å². The minimum Gasteiger partial charge on any atom is -0.321 e. The summed E-state index contributed by atoms with van der Waals surface area (Å²) in [6, 6.07) is 7.21. The van der Waals surface area contributed by atoms with E-state index in [2.05, 4.69) is 12.2 Å².